The number of hydrogen-bond donors (Lipinski definition) is 1. The summed E-state index contributed by atoms with van der Waals surface area (Å²) in [5.41, 5.74) is 1.47. The molecule has 2 aromatic rings. The molecule has 0 aliphatic carbocycles. The number of rotatable bonds is 5. The Morgan fingerprint density at radius 2 is 1.81 bits per heavy atom. The van der Waals surface area contributed by atoms with Crippen LogP contribution >= 0.6 is 15.9 Å². The third-order valence-corrected chi connectivity index (χ3v) is 3.68. The van der Waals surface area contributed by atoms with Crippen molar-refractivity contribution in [1.29, 1.82) is 0 Å². The predicted molar refractivity (Wildman–Crippen MR) is 84.9 cm³/mol. The fourth-order valence-corrected chi connectivity index (χ4v) is 2.33. The SMILES string of the molecule is COc1cc(CNC(=O)c2ccccc2OC)ccc1Br. The zero-order valence-electron chi connectivity index (χ0n) is 11.9. The Hall–Kier alpha value is -2.01. The zero-order valence-corrected chi connectivity index (χ0v) is 13.4. The van der Waals surface area contributed by atoms with Gasteiger partial charge in [0.1, 0.15) is 11.5 Å². The van der Waals surface area contributed by atoms with Crippen LogP contribution in [-0.4, -0.2) is 20.1 Å². The molecule has 1 amide bonds. The maximum atomic E-state index is 12.2. The van der Waals surface area contributed by atoms with Gasteiger partial charge in [-0.3, -0.25) is 4.79 Å². The van der Waals surface area contributed by atoms with Gasteiger partial charge in [0.05, 0.1) is 24.3 Å². The molecule has 0 fully saturated rings. The summed E-state index contributed by atoms with van der Waals surface area (Å²) < 4.78 is 11.3. The molecule has 0 heterocycles. The topological polar surface area (TPSA) is 47.6 Å². The first kappa shape index (κ1) is 15.4. The van der Waals surface area contributed by atoms with Crippen LogP contribution < -0.4 is 14.8 Å². The van der Waals surface area contributed by atoms with Crippen molar-refractivity contribution in [3.63, 3.8) is 0 Å². The Bertz CT molecular complexity index is 643. The highest BCUT2D eigenvalue weighted by molar-refractivity contribution is 9.10. The number of ether oxygens (including phenoxy) is 2. The minimum atomic E-state index is -0.172. The van der Waals surface area contributed by atoms with Crippen LogP contribution in [0.1, 0.15) is 15.9 Å². The van der Waals surface area contributed by atoms with Crippen molar-refractivity contribution in [3.05, 3.63) is 58.1 Å². The smallest absolute Gasteiger partial charge is 0.255 e. The molecule has 0 saturated carbocycles. The second-order valence-electron chi connectivity index (χ2n) is 4.35. The highest BCUT2D eigenvalue weighted by Gasteiger charge is 2.11. The molecule has 0 unspecified atom stereocenters. The summed E-state index contributed by atoms with van der Waals surface area (Å²) in [5.74, 6) is 1.12. The molecule has 5 heteroatoms. The number of carbonyl (C=O) groups is 1. The van der Waals surface area contributed by atoms with E-state index in [1.54, 1.807) is 32.4 Å². The lowest BCUT2D eigenvalue weighted by atomic mass is 10.1. The van der Waals surface area contributed by atoms with E-state index in [-0.39, 0.29) is 5.91 Å². The molecule has 110 valence electrons. The first-order valence-corrected chi connectivity index (χ1v) is 7.18. The molecule has 21 heavy (non-hydrogen) atoms. The number of methoxy groups -OCH3 is 2. The number of benzene rings is 2. The van der Waals surface area contributed by atoms with Crippen molar-refractivity contribution >= 4 is 21.8 Å². The maximum absolute atomic E-state index is 12.2. The largest absolute Gasteiger partial charge is 0.496 e. The molecule has 4 nitrogen and oxygen atoms in total. The van der Waals surface area contributed by atoms with Crippen LogP contribution in [0.15, 0.2) is 46.9 Å². The van der Waals surface area contributed by atoms with Crippen molar-refractivity contribution in [2.75, 3.05) is 14.2 Å². The molecule has 2 rings (SSSR count). The van der Waals surface area contributed by atoms with E-state index >= 15 is 0 Å². The quantitative estimate of drug-likeness (QED) is 0.899. The lowest BCUT2D eigenvalue weighted by molar-refractivity contribution is 0.0948. The molecule has 0 spiro atoms. The summed E-state index contributed by atoms with van der Waals surface area (Å²) in [6.07, 6.45) is 0. The average molecular weight is 350 g/mol. The van der Waals surface area contributed by atoms with E-state index in [9.17, 15) is 4.79 Å². The molecule has 0 radical (unpaired) electrons. The Morgan fingerprint density at radius 3 is 2.52 bits per heavy atom. The summed E-state index contributed by atoms with van der Waals surface area (Å²) in [7, 11) is 3.16. The number of nitrogens with one attached hydrogen (secondary N) is 1. The van der Waals surface area contributed by atoms with Gasteiger partial charge in [-0.05, 0) is 45.8 Å². The van der Waals surface area contributed by atoms with Crippen LogP contribution in [0, 0.1) is 0 Å². The number of para-hydroxylation sites is 1. The Kier molecular flexibility index (Phi) is 5.22. The first-order chi connectivity index (χ1) is 10.2. The molecule has 2 aromatic carbocycles. The van der Waals surface area contributed by atoms with Crippen molar-refractivity contribution in [3.8, 4) is 11.5 Å². The minimum absolute atomic E-state index is 0.172. The van der Waals surface area contributed by atoms with Gasteiger partial charge in [-0.25, -0.2) is 0 Å². The van der Waals surface area contributed by atoms with Crippen LogP contribution in [0.25, 0.3) is 0 Å². The minimum Gasteiger partial charge on any atom is -0.496 e. The number of amides is 1. The molecule has 0 aromatic heterocycles. The van der Waals surface area contributed by atoms with E-state index in [0.29, 0.717) is 17.9 Å². The molecule has 0 bridgehead atoms. The van der Waals surface area contributed by atoms with Crippen molar-refractivity contribution in [2.45, 2.75) is 6.54 Å². The molecule has 0 aliphatic heterocycles. The highest BCUT2D eigenvalue weighted by atomic mass is 79.9. The van der Waals surface area contributed by atoms with Gasteiger partial charge in [0.25, 0.3) is 5.91 Å². The van der Waals surface area contributed by atoms with Gasteiger partial charge in [0.15, 0.2) is 0 Å². The first-order valence-electron chi connectivity index (χ1n) is 6.39. The second kappa shape index (κ2) is 7.13. The number of hydrogen-bond acceptors (Lipinski definition) is 3. The van der Waals surface area contributed by atoms with Crippen molar-refractivity contribution < 1.29 is 14.3 Å². The van der Waals surface area contributed by atoms with Gasteiger partial charge in [-0.1, -0.05) is 18.2 Å². The molecular formula is C16H16BrNO3. The van der Waals surface area contributed by atoms with E-state index in [0.717, 1.165) is 15.8 Å². The zero-order chi connectivity index (χ0) is 15.2. The summed E-state index contributed by atoms with van der Waals surface area (Å²) in [4.78, 5) is 12.2. The predicted octanol–water partition coefficient (Wildman–Crippen LogP) is 3.40. The van der Waals surface area contributed by atoms with E-state index in [4.69, 9.17) is 9.47 Å². The Morgan fingerprint density at radius 1 is 1.10 bits per heavy atom. The highest BCUT2D eigenvalue weighted by Crippen LogP contribution is 2.25. The summed E-state index contributed by atoms with van der Waals surface area (Å²) in [5, 5.41) is 2.87. The average Bonchev–Trinajstić information content (AvgIpc) is 2.53. The molecule has 0 aliphatic rings. The van der Waals surface area contributed by atoms with Crippen LogP contribution in [0.5, 0.6) is 11.5 Å². The van der Waals surface area contributed by atoms with Gasteiger partial charge < -0.3 is 14.8 Å². The van der Waals surface area contributed by atoms with Crippen LogP contribution in [0.3, 0.4) is 0 Å². The van der Waals surface area contributed by atoms with Gasteiger partial charge in [-0.15, -0.1) is 0 Å². The maximum Gasteiger partial charge on any atom is 0.255 e. The fraction of sp³-hybridized carbons (Fsp3) is 0.188. The Balaban J connectivity index is 2.07. The van der Waals surface area contributed by atoms with Crippen LogP contribution in [0.2, 0.25) is 0 Å². The van der Waals surface area contributed by atoms with E-state index in [1.165, 1.54) is 0 Å². The van der Waals surface area contributed by atoms with Crippen molar-refractivity contribution in [2.24, 2.45) is 0 Å². The van der Waals surface area contributed by atoms with Crippen molar-refractivity contribution in [1.82, 2.24) is 5.32 Å². The lowest BCUT2D eigenvalue weighted by Crippen LogP contribution is -2.23. The van der Waals surface area contributed by atoms with E-state index in [1.807, 2.05) is 24.3 Å². The third-order valence-electron chi connectivity index (χ3n) is 3.02. The van der Waals surface area contributed by atoms with Crippen LogP contribution in [0.4, 0.5) is 0 Å². The van der Waals surface area contributed by atoms with Gasteiger partial charge >= 0.3 is 0 Å². The van der Waals surface area contributed by atoms with Gasteiger partial charge in [-0.2, -0.15) is 0 Å². The number of halogens is 1. The van der Waals surface area contributed by atoms with Gasteiger partial charge in [0, 0.05) is 6.54 Å². The normalized spacial score (nSPS) is 10.0. The van der Waals surface area contributed by atoms with E-state index < -0.39 is 0 Å². The summed E-state index contributed by atoms with van der Waals surface area (Å²) >= 11 is 3.40. The summed E-state index contributed by atoms with van der Waals surface area (Å²) in [6, 6.07) is 12.8. The van der Waals surface area contributed by atoms with Crippen LogP contribution in [-0.2, 0) is 6.54 Å². The second-order valence-corrected chi connectivity index (χ2v) is 5.21. The van der Waals surface area contributed by atoms with Gasteiger partial charge in [0.2, 0.25) is 0 Å². The Labute approximate surface area is 132 Å². The summed E-state index contributed by atoms with van der Waals surface area (Å²) in [6.45, 7) is 0.417. The fourth-order valence-electron chi connectivity index (χ4n) is 1.92. The standard InChI is InChI=1S/C16H16BrNO3/c1-20-14-6-4-3-5-12(14)16(19)18-10-11-7-8-13(17)15(9-11)21-2/h3-9H,10H2,1-2H3,(H,18,19). The monoisotopic (exact) mass is 349 g/mol. The van der Waals surface area contributed by atoms with E-state index in [2.05, 4.69) is 21.2 Å². The number of carbonyl (C=O) groups excluding carboxylic acids is 1. The molecule has 0 atom stereocenters. The lowest BCUT2D eigenvalue weighted by Gasteiger charge is -2.10. The third kappa shape index (κ3) is 3.76. The molecule has 1 N–H and O–H groups in total. The molecule has 0 saturated heterocycles. The molecular weight excluding hydrogens is 334 g/mol.